The van der Waals surface area contributed by atoms with Crippen molar-refractivity contribution in [3.63, 3.8) is 0 Å². The summed E-state index contributed by atoms with van der Waals surface area (Å²) in [5.74, 6) is 0.949. The number of hydrogen-bond acceptors (Lipinski definition) is 4. The number of methoxy groups -OCH3 is 1. The van der Waals surface area contributed by atoms with Crippen molar-refractivity contribution in [1.82, 2.24) is 9.55 Å². The van der Waals surface area contributed by atoms with E-state index in [1.165, 1.54) is 4.57 Å². The number of carbonyl (C=O) groups excluding carboxylic acids is 1. The number of para-hydroxylation sites is 1. The lowest BCUT2D eigenvalue weighted by Gasteiger charge is -2.09. The molecule has 6 heteroatoms. The van der Waals surface area contributed by atoms with Crippen LogP contribution in [0.1, 0.15) is 29.6 Å². The number of ether oxygens (including phenoxy) is 2. The van der Waals surface area contributed by atoms with Crippen molar-refractivity contribution in [2.24, 2.45) is 4.99 Å². The third-order valence-electron chi connectivity index (χ3n) is 4.87. The molecule has 0 aliphatic carbocycles. The summed E-state index contributed by atoms with van der Waals surface area (Å²) < 4.78 is 12.4. The van der Waals surface area contributed by atoms with Gasteiger partial charge in [-0.1, -0.05) is 24.8 Å². The molecule has 30 heavy (non-hydrogen) atoms. The number of hydrogen-bond donors (Lipinski definition) is 1. The summed E-state index contributed by atoms with van der Waals surface area (Å²) in [6.07, 6.45) is 3.25. The smallest absolute Gasteiger partial charge is 0.424 e. The first-order chi connectivity index (χ1) is 14.4. The Morgan fingerprint density at radius 3 is 2.67 bits per heavy atom. The zero-order chi connectivity index (χ0) is 21.4. The van der Waals surface area contributed by atoms with Gasteiger partial charge in [0.2, 0.25) is 0 Å². The van der Waals surface area contributed by atoms with Crippen molar-refractivity contribution in [1.29, 1.82) is 0 Å². The van der Waals surface area contributed by atoms with Gasteiger partial charge < -0.3 is 14.5 Å². The molecular formula is C24H23N3O3. The topological polar surface area (TPSA) is 68.6 Å². The molecule has 0 fully saturated rings. The van der Waals surface area contributed by atoms with E-state index in [0.717, 1.165) is 27.9 Å². The van der Waals surface area contributed by atoms with Gasteiger partial charge in [0.25, 0.3) is 0 Å². The molecule has 0 atom stereocenters. The Balaban J connectivity index is 1.86. The Morgan fingerprint density at radius 2 is 2.00 bits per heavy atom. The standard InChI is InChI=1S/C24H23N3O3/c1-14(2)30-24(28)27-21-9-7-6-8-17(21)11-22(27)19-13-23(29-5)20(26-19)12-18-15(3)10-16(4)25-18/h6-13,25H,1H2,2-5H3/b20-12-. The third kappa shape index (κ3) is 3.48. The van der Waals surface area contributed by atoms with E-state index < -0.39 is 6.09 Å². The molecule has 0 spiro atoms. The molecule has 1 aromatic carbocycles. The minimum absolute atomic E-state index is 0.323. The van der Waals surface area contributed by atoms with Crippen LogP contribution in [0, 0.1) is 13.8 Å². The van der Waals surface area contributed by atoms with Crippen molar-refractivity contribution >= 4 is 28.8 Å². The molecule has 0 amide bonds. The summed E-state index contributed by atoms with van der Waals surface area (Å²) in [6, 6.07) is 11.6. The zero-order valence-electron chi connectivity index (χ0n) is 17.4. The molecule has 2 aromatic heterocycles. The van der Waals surface area contributed by atoms with E-state index in [-0.39, 0.29) is 0 Å². The molecule has 0 saturated heterocycles. The van der Waals surface area contributed by atoms with Crippen LogP contribution in [0.2, 0.25) is 0 Å². The number of allylic oxidation sites excluding steroid dienone is 2. The first-order valence-corrected chi connectivity index (χ1v) is 9.58. The van der Waals surface area contributed by atoms with Gasteiger partial charge in [0, 0.05) is 22.9 Å². The summed E-state index contributed by atoms with van der Waals surface area (Å²) in [5, 5.41) is 0.912. The lowest BCUT2D eigenvalue weighted by molar-refractivity contribution is 0.179. The van der Waals surface area contributed by atoms with Gasteiger partial charge in [-0.25, -0.2) is 14.4 Å². The van der Waals surface area contributed by atoms with Crippen LogP contribution in [0.3, 0.4) is 0 Å². The molecule has 0 unspecified atom stereocenters. The fourth-order valence-electron chi connectivity index (χ4n) is 3.58. The maximum absolute atomic E-state index is 12.8. The number of nitrogens with zero attached hydrogens (tertiary/aromatic N) is 2. The van der Waals surface area contributed by atoms with Crippen LogP contribution in [0.5, 0.6) is 0 Å². The first kappa shape index (κ1) is 19.5. The molecule has 4 rings (SSSR count). The number of aromatic amines is 1. The molecule has 1 aliphatic rings. The number of benzene rings is 1. The number of H-pyrrole nitrogens is 1. The van der Waals surface area contributed by atoms with Gasteiger partial charge in [0.05, 0.1) is 29.8 Å². The highest BCUT2D eigenvalue weighted by atomic mass is 16.6. The highest BCUT2D eigenvalue weighted by Gasteiger charge is 2.24. The Bertz CT molecular complexity index is 1270. The van der Waals surface area contributed by atoms with E-state index in [9.17, 15) is 4.79 Å². The maximum Gasteiger partial charge on any atom is 0.424 e. The van der Waals surface area contributed by atoms with Gasteiger partial charge in [-0.15, -0.1) is 0 Å². The average molecular weight is 401 g/mol. The van der Waals surface area contributed by atoms with E-state index >= 15 is 0 Å². The second kappa shape index (κ2) is 7.55. The molecule has 0 radical (unpaired) electrons. The highest BCUT2D eigenvalue weighted by Crippen LogP contribution is 2.29. The number of nitrogens with one attached hydrogen (secondary N) is 1. The maximum atomic E-state index is 12.8. The molecular weight excluding hydrogens is 378 g/mol. The second-order valence-electron chi connectivity index (χ2n) is 7.28. The minimum atomic E-state index is -0.526. The fourth-order valence-corrected chi connectivity index (χ4v) is 3.58. The lowest BCUT2D eigenvalue weighted by Crippen LogP contribution is -2.17. The third-order valence-corrected chi connectivity index (χ3v) is 4.87. The second-order valence-corrected chi connectivity index (χ2v) is 7.28. The monoisotopic (exact) mass is 401 g/mol. The molecule has 152 valence electrons. The molecule has 1 N–H and O–H groups in total. The van der Waals surface area contributed by atoms with Crippen LogP contribution in [-0.4, -0.2) is 28.5 Å². The molecule has 3 heterocycles. The average Bonchev–Trinajstić information content (AvgIpc) is 3.36. The number of rotatable bonds is 4. The predicted molar refractivity (Wildman–Crippen MR) is 119 cm³/mol. The van der Waals surface area contributed by atoms with E-state index in [2.05, 4.69) is 17.6 Å². The van der Waals surface area contributed by atoms with Crippen LogP contribution in [0.4, 0.5) is 4.79 Å². The van der Waals surface area contributed by atoms with E-state index in [1.54, 1.807) is 14.0 Å². The van der Waals surface area contributed by atoms with Gasteiger partial charge in [-0.2, -0.15) is 0 Å². The summed E-state index contributed by atoms with van der Waals surface area (Å²) in [6.45, 7) is 9.37. The number of aromatic nitrogens is 2. The van der Waals surface area contributed by atoms with Crippen molar-refractivity contribution < 1.29 is 14.3 Å². The van der Waals surface area contributed by atoms with Crippen LogP contribution < -0.4 is 0 Å². The Hall–Kier alpha value is -3.80. The Morgan fingerprint density at radius 1 is 1.23 bits per heavy atom. The fraction of sp³-hybridized carbons (Fsp3) is 0.167. The molecule has 0 bridgehead atoms. The molecule has 1 aliphatic heterocycles. The summed E-state index contributed by atoms with van der Waals surface area (Å²) in [4.78, 5) is 20.9. The highest BCUT2D eigenvalue weighted by molar-refractivity contribution is 6.15. The molecule has 0 saturated carbocycles. The lowest BCUT2D eigenvalue weighted by atomic mass is 10.2. The van der Waals surface area contributed by atoms with Gasteiger partial charge in [0.1, 0.15) is 11.5 Å². The normalized spacial score (nSPS) is 14.7. The van der Waals surface area contributed by atoms with Gasteiger partial charge in [0.15, 0.2) is 0 Å². The van der Waals surface area contributed by atoms with Crippen molar-refractivity contribution in [3.8, 4) is 0 Å². The van der Waals surface area contributed by atoms with Crippen LogP contribution in [0.25, 0.3) is 17.0 Å². The van der Waals surface area contributed by atoms with Gasteiger partial charge >= 0.3 is 6.09 Å². The van der Waals surface area contributed by atoms with Gasteiger partial charge in [-0.3, -0.25) is 0 Å². The van der Waals surface area contributed by atoms with Crippen molar-refractivity contribution in [2.75, 3.05) is 7.11 Å². The largest absolute Gasteiger partial charge is 0.494 e. The van der Waals surface area contributed by atoms with Crippen molar-refractivity contribution in [2.45, 2.75) is 20.8 Å². The van der Waals surface area contributed by atoms with Crippen LogP contribution in [-0.2, 0) is 9.47 Å². The van der Waals surface area contributed by atoms with Crippen molar-refractivity contribution in [3.05, 3.63) is 88.9 Å². The Labute approximate surface area is 174 Å². The molecule has 6 nitrogen and oxygen atoms in total. The quantitative estimate of drug-likeness (QED) is 0.589. The number of aliphatic imine (C=N–C) groups is 1. The predicted octanol–water partition coefficient (Wildman–Crippen LogP) is 5.48. The SMILES string of the molecule is C=C(C)OC(=O)n1c(C2=N/C(=C\c3[nH]c(C)cc3C)C(OC)=C2)cc2ccccc21. The summed E-state index contributed by atoms with van der Waals surface area (Å²) in [7, 11) is 1.61. The van der Waals surface area contributed by atoms with Crippen LogP contribution in [0.15, 0.2) is 71.3 Å². The summed E-state index contributed by atoms with van der Waals surface area (Å²) >= 11 is 0. The minimum Gasteiger partial charge on any atom is -0.494 e. The summed E-state index contributed by atoms with van der Waals surface area (Å²) in [5.41, 5.74) is 5.83. The number of aryl methyl sites for hydroxylation is 2. The van der Waals surface area contributed by atoms with Gasteiger partial charge in [-0.05, 0) is 50.6 Å². The molecule has 3 aromatic rings. The van der Waals surface area contributed by atoms with E-state index in [0.29, 0.717) is 28.6 Å². The Kier molecular flexibility index (Phi) is 4.91. The van der Waals surface area contributed by atoms with E-state index in [4.69, 9.17) is 14.5 Å². The zero-order valence-corrected chi connectivity index (χ0v) is 17.4. The van der Waals surface area contributed by atoms with Crippen LogP contribution >= 0.6 is 0 Å². The van der Waals surface area contributed by atoms with E-state index in [1.807, 2.05) is 56.3 Å². The number of fused-ring (bicyclic) bond motifs is 1. The number of carbonyl (C=O) groups is 1. The first-order valence-electron chi connectivity index (χ1n) is 9.58.